The van der Waals surface area contributed by atoms with E-state index in [1.807, 2.05) is 81.4 Å². The van der Waals surface area contributed by atoms with Crippen LogP contribution in [-0.2, 0) is 4.79 Å². The largest absolute Gasteiger partial charge is 0.492 e. The molecule has 0 saturated carbocycles. The fourth-order valence-electron chi connectivity index (χ4n) is 3.25. The summed E-state index contributed by atoms with van der Waals surface area (Å²) in [6.45, 7) is 6.30. The highest BCUT2D eigenvalue weighted by molar-refractivity contribution is 8.00. The van der Waals surface area contributed by atoms with Crippen LogP contribution in [0.4, 0.5) is 5.69 Å². The second-order valence-electron chi connectivity index (χ2n) is 6.97. The first-order valence-corrected chi connectivity index (χ1v) is 10.9. The number of aromatic nitrogens is 4. The molecule has 2 heterocycles. The van der Waals surface area contributed by atoms with Crippen molar-refractivity contribution in [3.05, 3.63) is 77.6 Å². The fourth-order valence-corrected chi connectivity index (χ4v) is 4.19. The lowest BCUT2D eigenvalue weighted by atomic mass is 10.1. The van der Waals surface area contributed by atoms with Crippen LogP contribution in [0.25, 0.3) is 5.78 Å². The van der Waals surface area contributed by atoms with Gasteiger partial charge in [0.2, 0.25) is 11.1 Å². The smallest absolute Gasteiger partial charge is 0.253 e. The number of amides is 1. The monoisotopic (exact) mass is 433 g/mol. The van der Waals surface area contributed by atoms with Crippen LogP contribution in [0.1, 0.15) is 29.1 Å². The van der Waals surface area contributed by atoms with E-state index >= 15 is 0 Å². The normalized spacial score (nSPS) is 12.0. The van der Waals surface area contributed by atoms with E-state index < -0.39 is 5.25 Å². The van der Waals surface area contributed by atoms with Gasteiger partial charge in [-0.2, -0.15) is 4.98 Å². The second-order valence-corrected chi connectivity index (χ2v) is 8.04. The highest BCUT2D eigenvalue weighted by atomic mass is 32.2. The maximum absolute atomic E-state index is 13.3. The molecule has 0 fully saturated rings. The summed E-state index contributed by atoms with van der Waals surface area (Å²) in [5.41, 5.74) is 3.30. The van der Waals surface area contributed by atoms with Crippen molar-refractivity contribution in [2.75, 3.05) is 11.9 Å². The maximum Gasteiger partial charge on any atom is 0.253 e. The molecule has 2 aromatic heterocycles. The number of aryl methyl sites for hydroxylation is 2. The third kappa shape index (κ3) is 4.69. The SMILES string of the molecule is CCOc1ccccc1NC(=O)[C@@H](Sc1nc2nc(C)cc(C)n2n1)c1ccccc1. The summed E-state index contributed by atoms with van der Waals surface area (Å²) >= 11 is 1.29. The van der Waals surface area contributed by atoms with Crippen LogP contribution in [0.3, 0.4) is 0 Å². The first-order valence-electron chi connectivity index (χ1n) is 10.0. The molecule has 0 aliphatic rings. The molecule has 0 saturated heterocycles. The van der Waals surface area contributed by atoms with Gasteiger partial charge in [-0.15, -0.1) is 5.10 Å². The summed E-state index contributed by atoms with van der Waals surface area (Å²) in [5, 5.41) is 7.50. The van der Waals surface area contributed by atoms with Crippen LogP contribution in [0.15, 0.2) is 65.8 Å². The van der Waals surface area contributed by atoms with Crippen LogP contribution in [0.5, 0.6) is 5.75 Å². The number of para-hydroxylation sites is 2. The Balaban J connectivity index is 1.66. The molecule has 7 nitrogen and oxygen atoms in total. The highest BCUT2D eigenvalue weighted by Gasteiger charge is 2.25. The quantitative estimate of drug-likeness (QED) is 0.429. The molecule has 158 valence electrons. The van der Waals surface area contributed by atoms with Crippen molar-refractivity contribution < 1.29 is 9.53 Å². The summed E-state index contributed by atoms with van der Waals surface area (Å²) in [6, 6.07) is 19.0. The Labute approximate surface area is 184 Å². The number of hydrogen-bond donors (Lipinski definition) is 1. The lowest BCUT2D eigenvalue weighted by molar-refractivity contribution is -0.115. The molecule has 4 aromatic rings. The van der Waals surface area contributed by atoms with Crippen molar-refractivity contribution in [1.29, 1.82) is 0 Å². The van der Waals surface area contributed by atoms with Crippen LogP contribution in [-0.4, -0.2) is 32.1 Å². The van der Waals surface area contributed by atoms with Crippen molar-refractivity contribution in [3.63, 3.8) is 0 Å². The van der Waals surface area contributed by atoms with Crippen LogP contribution in [0, 0.1) is 13.8 Å². The van der Waals surface area contributed by atoms with Gasteiger partial charge in [0.05, 0.1) is 12.3 Å². The number of carbonyl (C=O) groups excluding carboxylic acids is 1. The van der Waals surface area contributed by atoms with Gasteiger partial charge in [0.1, 0.15) is 11.0 Å². The average Bonchev–Trinajstić information content (AvgIpc) is 3.17. The van der Waals surface area contributed by atoms with Crippen molar-refractivity contribution >= 4 is 29.1 Å². The number of fused-ring (bicyclic) bond motifs is 1. The average molecular weight is 434 g/mol. The number of benzene rings is 2. The van der Waals surface area contributed by atoms with E-state index in [4.69, 9.17) is 4.74 Å². The molecule has 0 radical (unpaired) electrons. The van der Waals surface area contributed by atoms with Crippen LogP contribution < -0.4 is 10.1 Å². The number of anilines is 1. The van der Waals surface area contributed by atoms with Gasteiger partial charge in [-0.3, -0.25) is 4.79 Å². The topological polar surface area (TPSA) is 81.4 Å². The van der Waals surface area contributed by atoms with Gasteiger partial charge in [0.15, 0.2) is 0 Å². The molecule has 0 aliphatic heterocycles. The summed E-state index contributed by atoms with van der Waals surface area (Å²) in [7, 11) is 0. The van der Waals surface area contributed by atoms with E-state index in [0.717, 1.165) is 17.0 Å². The molecule has 2 aromatic carbocycles. The predicted molar refractivity (Wildman–Crippen MR) is 122 cm³/mol. The molecule has 31 heavy (non-hydrogen) atoms. The van der Waals surface area contributed by atoms with Gasteiger partial charge in [-0.25, -0.2) is 9.50 Å². The van der Waals surface area contributed by atoms with Crippen molar-refractivity contribution in [1.82, 2.24) is 19.6 Å². The molecule has 0 unspecified atom stereocenters. The number of rotatable bonds is 7. The first-order chi connectivity index (χ1) is 15.0. The fraction of sp³-hybridized carbons (Fsp3) is 0.217. The van der Waals surface area contributed by atoms with E-state index in [1.54, 1.807) is 4.52 Å². The summed E-state index contributed by atoms with van der Waals surface area (Å²) in [6.07, 6.45) is 0. The van der Waals surface area contributed by atoms with Gasteiger partial charge < -0.3 is 10.1 Å². The number of nitrogens with one attached hydrogen (secondary N) is 1. The minimum Gasteiger partial charge on any atom is -0.492 e. The van der Waals surface area contributed by atoms with Gasteiger partial charge in [-0.1, -0.05) is 54.2 Å². The number of nitrogens with zero attached hydrogens (tertiary/aromatic N) is 4. The van der Waals surface area contributed by atoms with Gasteiger partial charge >= 0.3 is 0 Å². The van der Waals surface area contributed by atoms with Gasteiger partial charge in [0, 0.05) is 11.4 Å². The second kappa shape index (κ2) is 9.18. The standard InChI is InChI=1S/C23H23N5O2S/c1-4-30-19-13-9-8-12-18(19)25-21(29)20(17-10-6-5-7-11-17)31-23-26-22-24-15(2)14-16(3)28(22)27-23/h5-14,20H,4H2,1-3H3,(H,25,29)/t20-/m0/s1. The van der Waals surface area contributed by atoms with E-state index in [9.17, 15) is 4.79 Å². The van der Waals surface area contributed by atoms with Crippen LogP contribution in [0.2, 0.25) is 0 Å². The third-order valence-corrected chi connectivity index (χ3v) is 5.71. The zero-order valence-electron chi connectivity index (χ0n) is 17.6. The Morgan fingerprint density at radius 2 is 1.84 bits per heavy atom. The zero-order chi connectivity index (χ0) is 21.8. The van der Waals surface area contributed by atoms with E-state index in [1.165, 1.54) is 11.8 Å². The van der Waals surface area contributed by atoms with Crippen LogP contribution >= 0.6 is 11.8 Å². The lowest BCUT2D eigenvalue weighted by Crippen LogP contribution is -2.19. The number of carbonyl (C=O) groups is 1. The number of ether oxygens (including phenoxy) is 1. The van der Waals surface area contributed by atoms with Crippen molar-refractivity contribution in [2.45, 2.75) is 31.2 Å². The molecule has 0 bridgehead atoms. The molecule has 0 aliphatic carbocycles. The Morgan fingerprint density at radius 1 is 1.10 bits per heavy atom. The van der Waals surface area contributed by atoms with Crippen molar-refractivity contribution in [2.24, 2.45) is 0 Å². The minimum absolute atomic E-state index is 0.178. The molecular weight excluding hydrogens is 410 g/mol. The van der Waals surface area contributed by atoms with E-state index in [2.05, 4.69) is 20.4 Å². The maximum atomic E-state index is 13.3. The highest BCUT2D eigenvalue weighted by Crippen LogP contribution is 2.36. The Hall–Kier alpha value is -3.39. The molecule has 1 amide bonds. The lowest BCUT2D eigenvalue weighted by Gasteiger charge is -2.17. The number of hydrogen-bond acceptors (Lipinski definition) is 6. The van der Waals surface area contributed by atoms with Gasteiger partial charge in [-0.05, 0) is 44.5 Å². The first kappa shape index (κ1) is 20.9. The summed E-state index contributed by atoms with van der Waals surface area (Å²) < 4.78 is 7.34. The van der Waals surface area contributed by atoms with E-state index in [-0.39, 0.29) is 5.91 Å². The molecule has 1 atom stereocenters. The molecule has 8 heteroatoms. The van der Waals surface area contributed by atoms with E-state index in [0.29, 0.717) is 29.0 Å². The van der Waals surface area contributed by atoms with Gasteiger partial charge in [0.25, 0.3) is 5.78 Å². The minimum atomic E-state index is -0.547. The molecular formula is C23H23N5O2S. The molecule has 0 spiro atoms. The Bertz CT molecular complexity index is 1210. The summed E-state index contributed by atoms with van der Waals surface area (Å²) in [4.78, 5) is 22.3. The number of thioether (sulfide) groups is 1. The Morgan fingerprint density at radius 3 is 2.61 bits per heavy atom. The van der Waals surface area contributed by atoms with Crippen molar-refractivity contribution in [3.8, 4) is 5.75 Å². The summed E-state index contributed by atoms with van der Waals surface area (Å²) in [5.74, 6) is 0.980. The predicted octanol–water partition coefficient (Wildman–Crippen LogP) is 4.61. The molecule has 4 rings (SSSR count). The zero-order valence-corrected chi connectivity index (χ0v) is 18.4. The molecule has 1 N–H and O–H groups in total. The Kier molecular flexibility index (Phi) is 6.18. The third-order valence-electron chi connectivity index (χ3n) is 4.61.